The first kappa shape index (κ1) is 12.4. The SMILES string of the molecule is CN(Cc1ccc[nH]1)c1cc(NCCN)ncn1. The quantitative estimate of drug-likeness (QED) is 0.702. The fourth-order valence-corrected chi connectivity index (χ4v) is 1.66. The maximum absolute atomic E-state index is 5.44. The summed E-state index contributed by atoms with van der Waals surface area (Å²) in [5.41, 5.74) is 6.59. The van der Waals surface area contributed by atoms with Crippen LogP contribution in [-0.4, -0.2) is 35.1 Å². The highest BCUT2D eigenvalue weighted by Gasteiger charge is 2.05. The van der Waals surface area contributed by atoms with E-state index in [2.05, 4.69) is 25.2 Å². The van der Waals surface area contributed by atoms with Crippen molar-refractivity contribution < 1.29 is 0 Å². The number of nitrogens with two attached hydrogens (primary N) is 1. The van der Waals surface area contributed by atoms with Crippen molar-refractivity contribution in [1.82, 2.24) is 15.0 Å². The van der Waals surface area contributed by atoms with Gasteiger partial charge in [-0.15, -0.1) is 0 Å². The van der Waals surface area contributed by atoms with Gasteiger partial charge in [0.25, 0.3) is 0 Å². The molecule has 0 aromatic carbocycles. The summed E-state index contributed by atoms with van der Waals surface area (Å²) in [5, 5.41) is 3.14. The van der Waals surface area contributed by atoms with Gasteiger partial charge in [0, 0.05) is 38.1 Å². The molecule has 2 aromatic rings. The number of hydrogen-bond acceptors (Lipinski definition) is 5. The molecule has 0 saturated carbocycles. The Bertz CT molecular complexity index is 467. The second-order valence-corrected chi connectivity index (χ2v) is 4.03. The van der Waals surface area contributed by atoms with Crippen molar-refractivity contribution >= 4 is 11.6 Å². The molecule has 0 fully saturated rings. The van der Waals surface area contributed by atoms with Gasteiger partial charge < -0.3 is 20.9 Å². The summed E-state index contributed by atoms with van der Waals surface area (Å²) < 4.78 is 0. The summed E-state index contributed by atoms with van der Waals surface area (Å²) in [6.45, 7) is 2.06. The Kier molecular flexibility index (Phi) is 4.14. The number of aromatic amines is 1. The first-order chi connectivity index (χ1) is 8.79. The third-order valence-corrected chi connectivity index (χ3v) is 2.56. The number of nitrogens with one attached hydrogen (secondary N) is 2. The standard InChI is InChI=1S/C12H18N6/c1-18(8-10-3-2-5-14-10)12-7-11(15-6-4-13)16-9-17-12/h2-3,5,7,9,14H,4,6,8,13H2,1H3,(H,15,16,17). The molecular formula is C12H18N6. The zero-order valence-electron chi connectivity index (χ0n) is 10.4. The molecule has 0 amide bonds. The van der Waals surface area contributed by atoms with E-state index in [1.807, 2.05) is 31.4 Å². The lowest BCUT2D eigenvalue weighted by molar-refractivity contribution is 0.868. The van der Waals surface area contributed by atoms with Gasteiger partial charge in [0.1, 0.15) is 18.0 Å². The smallest absolute Gasteiger partial charge is 0.134 e. The van der Waals surface area contributed by atoms with Crippen molar-refractivity contribution in [2.75, 3.05) is 30.4 Å². The van der Waals surface area contributed by atoms with Crippen LogP contribution in [0.2, 0.25) is 0 Å². The maximum atomic E-state index is 5.44. The van der Waals surface area contributed by atoms with E-state index in [9.17, 15) is 0 Å². The fourth-order valence-electron chi connectivity index (χ4n) is 1.66. The first-order valence-corrected chi connectivity index (χ1v) is 5.89. The van der Waals surface area contributed by atoms with Crippen LogP contribution in [0, 0.1) is 0 Å². The van der Waals surface area contributed by atoms with Crippen molar-refractivity contribution in [2.45, 2.75) is 6.54 Å². The van der Waals surface area contributed by atoms with Gasteiger partial charge in [-0.1, -0.05) is 0 Å². The molecule has 4 N–H and O–H groups in total. The lowest BCUT2D eigenvalue weighted by Crippen LogP contribution is -2.19. The zero-order chi connectivity index (χ0) is 12.8. The molecule has 6 nitrogen and oxygen atoms in total. The summed E-state index contributed by atoms with van der Waals surface area (Å²) in [7, 11) is 2.00. The molecule has 18 heavy (non-hydrogen) atoms. The van der Waals surface area contributed by atoms with E-state index >= 15 is 0 Å². The molecule has 0 spiro atoms. The number of hydrogen-bond donors (Lipinski definition) is 3. The van der Waals surface area contributed by atoms with E-state index in [1.165, 1.54) is 0 Å². The first-order valence-electron chi connectivity index (χ1n) is 5.89. The molecule has 0 unspecified atom stereocenters. The second kappa shape index (κ2) is 6.02. The third-order valence-electron chi connectivity index (χ3n) is 2.56. The minimum absolute atomic E-state index is 0.581. The third kappa shape index (κ3) is 3.21. The van der Waals surface area contributed by atoms with Crippen LogP contribution in [0.15, 0.2) is 30.7 Å². The normalized spacial score (nSPS) is 10.3. The molecule has 2 heterocycles. The van der Waals surface area contributed by atoms with E-state index < -0.39 is 0 Å². The number of nitrogens with zero attached hydrogens (tertiary/aromatic N) is 3. The van der Waals surface area contributed by atoms with Crippen LogP contribution in [0.4, 0.5) is 11.6 Å². The van der Waals surface area contributed by atoms with Crippen LogP contribution < -0.4 is 16.0 Å². The lowest BCUT2D eigenvalue weighted by atomic mass is 10.4. The van der Waals surface area contributed by atoms with Crippen LogP contribution in [-0.2, 0) is 6.54 Å². The summed E-state index contributed by atoms with van der Waals surface area (Å²) in [6.07, 6.45) is 3.47. The van der Waals surface area contributed by atoms with Gasteiger partial charge in [-0.3, -0.25) is 0 Å². The van der Waals surface area contributed by atoms with E-state index in [-0.39, 0.29) is 0 Å². The molecule has 96 valence electrons. The molecule has 0 aliphatic rings. The average molecular weight is 246 g/mol. The molecular weight excluding hydrogens is 228 g/mol. The number of aromatic nitrogens is 3. The molecule has 0 aliphatic heterocycles. The van der Waals surface area contributed by atoms with Gasteiger partial charge in [0.15, 0.2) is 0 Å². The highest BCUT2D eigenvalue weighted by atomic mass is 15.2. The molecule has 0 bridgehead atoms. The van der Waals surface area contributed by atoms with Crippen LogP contribution in [0.3, 0.4) is 0 Å². The number of rotatable bonds is 6. The van der Waals surface area contributed by atoms with Gasteiger partial charge in [-0.05, 0) is 12.1 Å². The predicted octanol–water partition coefficient (Wildman–Crippen LogP) is 0.812. The Morgan fingerprint density at radius 3 is 3.06 bits per heavy atom. The van der Waals surface area contributed by atoms with E-state index in [1.54, 1.807) is 6.33 Å². The summed E-state index contributed by atoms with van der Waals surface area (Å²) in [4.78, 5) is 13.6. The molecule has 0 aliphatic carbocycles. The Labute approximate surface area is 106 Å². The molecule has 0 saturated heterocycles. The Balaban J connectivity index is 2.03. The summed E-state index contributed by atoms with van der Waals surface area (Å²) in [6, 6.07) is 5.95. The van der Waals surface area contributed by atoms with Gasteiger partial charge in [-0.25, -0.2) is 9.97 Å². The zero-order valence-corrected chi connectivity index (χ0v) is 10.4. The Morgan fingerprint density at radius 2 is 2.33 bits per heavy atom. The minimum atomic E-state index is 0.581. The molecule has 0 radical (unpaired) electrons. The van der Waals surface area contributed by atoms with Crippen molar-refractivity contribution in [3.8, 4) is 0 Å². The van der Waals surface area contributed by atoms with Crippen LogP contribution >= 0.6 is 0 Å². The van der Waals surface area contributed by atoms with Crippen molar-refractivity contribution in [3.63, 3.8) is 0 Å². The Hall–Kier alpha value is -2.08. The molecule has 0 atom stereocenters. The fraction of sp³-hybridized carbons (Fsp3) is 0.333. The molecule has 2 rings (SSSR count). The lowest BCUT2D eigenvalue weighted by Gasteiger charge is -2.17. The van der Waals surface area contributed by atoms with E-state index in [0.717, 1.165) is 23.9 Å². The van der Waals surface area contributed by atoms with Crippen LogP contribution in [0.5, 0.6) is 0 Å². The largest absolute Gasteiger partial charge is 0.369 e. The van der Waals surface area contributed by atoms with E-state index in [4.69, 9.17) is 5.73 Å². The number of anilines is 2. The van der Waals surface area contributed by atoms with Gasteiger partial charge >= 0.3 is 0 Å². The van der Waals surface area contributed by atoms with Crippen LogP contribution in [0.25, 0.3) is 0 Å². The second-order valence-electron chi connectivity index (χ2n) is 4.03. The van der Waals surface area contributed by atoms with Crippen molar-refractivity contribution in [3.05, 3.63) is 36.4 Å². The topological polar surface area (TPSA) is 82.9 Å². The van der Waals surface area contributed by atoms with Gasteiger partial charge in [0.2, 0.25) is 0 Å². The van der Waals surface area contributed by atoms with Crippen LogP contribution in [0.1, 0.15) is 5.69 Å². The minimum Gasteiger partial charge on any atom is -0.369 e. The monoisotopic (exact) mass is 246 g/mol. The van der Waals surface area contributed by atoms with Gasteiger partial charge in [-0.2, -0.15) is 0 Å². The maximum Gasteiger partial charge on any atom is 0.134 e. The number of H-pyrrole nitrogens is 1. The summed E-state index contributed by atoms with van der Waals surface area (Å²) >= 11 is 0. The predicted molar refractivity (Wildman–Crippen MR) is 72.5 cm³/mol. The molecule has 2 aromatic heterocycles. The average Bonchev–Trinajstić information content (AvgIpc) is 2.89. The Morgan fingerprint density at radius 1 is 1.44 bits per heavy atom. The molecule has 6 heteroatoms. The van der Waals surface area contributed by atoms with Crippen molar-refractivity contribution in [2.24, 2.45) is 5.73 Å². The van der Waals surface area contributed by atoms with E-state index in [0.29, 0.717) is 13.1 Å². The van der Waals surface area contributed by atoms with Crippen molar-refractivity contribution in [1.29, 1.82) is 0 Å². The highest BCUT2D eigenvalue weighted by molar-refractivity contribution is 5.48. The van der Waals surface area contributed by atoms with Gasteiger partial charge in [0.05, 0.1) is 6.54 Å². The summed E-state index contributed by atoms with van der Waals surface area (Å²) in [5.74, 6) is 1.67. The highest BCUT2D eigenvalue weighted by Crippen LogP contribution is 2.14.